The fraction of sp³-hybridized carbons (Fsp3) is 0.586. The van der Waals surface area contributed by atoms with Crippen molar-refractivity contribution in [2.24, 2.45) is 17.6 Å². The number of carboxylic acids is 1. The summed E-state index contributed by atoms with van der Waals surface area (Å²) in [7, 11) is 0. The van der Waals surface area contributed by atoms with E-state index in [1.54, 1.807) is 6.92 Å². The Morgan fingerprint density at radius 3 is 1.77 bits per heavy atom. The largest absolute Gasteiger partial charge is 0.480 e. The van der Waals surface area contributed by atoms with E-state index in [9.17, 15) is 28.8 Å². The fourth-order valence-corrected chi connectivity index (χ4v) is 4.44. The average molecular weight is 683 g/mol. The molecule has 0 radical (unpaired) electrons. The van der Waals surface area contributed by atoms with Crippen molar-refractivity contribution >= 4 is 47.8 Å². The molecular formula is C29H47ClN10O7. The van der Waals surface area contributed by atoms with Gasteiger partial charge in [-0.25, -0.2) is 9.97 Å². The van der Waals surface area contributed by atoms with E-state index in [0.717, 1.165) is 6.33 Å². The molecule has 10 N–H and O–H groups in total. The zero-order valence-corrected chi connectivity index (χ0v) is 28.2. The van der Waals surface area contributed by atoms with Crippen molar-refractivity contribution in [3.8, 4) is 0 Å². The zero-order chi connectivity index (χ0) is 34.6. The molecule has 0 bridgehead atoms. The van der Waals surface area contributed by atoms with Gasteiger partial charge in [0.2, 0.25) is 0 Å². The first kappa shape index (κ1) is 40.7. The van der Waals surface area contributed by atoms with E-state index in [4.69, 9.17) is 10.8 Å². The first-order valence-corrected chi connectivity index (χ1v) is 15.1. The molecule has 2 rings (SSSR count). The fourth-order valence-electron chi connectivity index (χ4n) is 4.44. The average Bonchev–Trinajstić information content (AvgIpc) is 3.66. The highest BCUT2D eigenvalue weighted by molar-refractivity contribution is 6.06. The molecule has 47 heavy (non-hydrogen) atoms. The second kappa shape index (κ2) is 19.3. The van der Waals surface area contributed by atoms with Gasteiger partial charge < -0.3 is 47.4 Å². The second-order valence-corrected chi connectivity index (χ2v) is 11.9. The molecule has 2 aromatic rings. The van der Waals surface area contributed by atoms with Crippen LogP contribution in [0.25, 0.3) is 0 Å². The van der Waals surface area contributed by atoms with Crippen molar-refractivity contribution in [2.45, 2.75) is 78.6 Å². The Bertz CT molecular complexity index is 1380. The standard InChI is InChI=1S/C29H46N10O7.ClH/c1-14(2)7-18(38-27(43)23-22(33-13-34-23)26(42)37-17(6)29(45)46)10-31-11-20(40)19(8-15(3)4)39-28(44)24-21(32-12-35-24)25(41)36-16(5)9-30;/h12-19,31H,7-11,30H2,1-6H3,(H,32,35)(H,33,34)(H,36,41)(H,37,42)(H,38,43)(H,39,44)(H,45,46);1H/t16-,17-,18-,19-;/m0./s1. The number of amides is 4. The molecule has 0 aliphatic heterocycles. The highest BCUT2D eigenvalue weighted by Crippen LogP contribution is 2.11. The minimum Gasteiger partial charge on any atom is -0.480 e. The van der Waals surface area contributed by atoms with Crippen LogP contribution < -0.4 is 32.3 Å². The predicted molar refractivity (Wildman–Crippen MR) is 174 cm³/mol. The van der Waals surface area contributed by atoms with Gasteiger partial charge in [0.1, 0.15) is 17.4 Å². The van der Waals surface area contributed by atoms with Crippen molar-refractivity contribution in [3.63, 3.8) is 0 Å². The van der Waals surface area contributed by atoms with Crippen LogP contribution in [0.1, 0.15) is 96.3 Å². The third-order valence-electron chi connectivity index (χ3n) is 6.79. The minimum absolute atomic E-state index is 0. The molecule has 17 nitrogen and oxygen atoms in total. The summed E-state index contributed by atoms with van der Waals surface area (Å²) in [6, 6.07) is -2.86. The first-order chi connectivity index (χ1) is 21.6. The molecule has 0 aliphatic rings. The third-order valence-corrected chi connectivity index (χ3v) is 6.79. The van der Waals surface area contributed by atoms with E-state index in [0.29, 0.717) is 12.8 Å². The SMILES string of the molecule is CC(C)C[C@@H](CNCC(=O)[C@H](CC(C)C)NC(=O)c1[nH]cnc1C(=O)N[C@@H](C)CN)NC(=O)c1nc[nH]c1C(=O)N[C@@H](C)C(=O)O.Cl. The number of nitrogens with one attached hydrogen (secondary N) is 7. The second-order valence-electron chi connectivity index (χ2n) is 11.9. The molecule has 0 unspecified atom stereocenters. The number of ketones is 1. The van der Waals surface area contributed by atoms with Crippen LogP contribution in [-0.4, -0.2) is 104 Å². The lowest BCUT2D eigenvalue weighted by Gasteiger charge is -2.23. The number of carbonyl (C=O) groups excluding carboxylic acids is 5. The monoisotopic (exact) mass is 682 g/mol. The summed E-state index contributed by atoms with van der Waals surface area (Å²) in [6.45, 7) is 11.0. The smallest absolute Gasteiger partial charge is 0.325 e. The number of carbonyl (C=O) groups is 6. The van der Waals surface area contributed by atoms with E-state index in [1.807, 2.05) is 27.7 Å². The molecule has 2 aromatic heterocycles. The van der Waals surface area contributed by atoms with Crippen LogP contribution in [0.3, 0.4) is 0 Å². The highest BCUT2D eigenvalue weighted by atomic mass is 35.5. The van der Waals surface area contributed by atoms with Gasteiger partial charge in [-0.15, -0.1) is 12.4 Å². The Balaban J connectivity index is 0.0000110. The van der Waals surface area contributed by atoms with Crippen LogP contribution in [0.5, 0.6) is 0 Å². The predicted octanol–water partition coefficient (Wildman–Crippen LogP) is -0.0176. The summed E-state index contributed by atoms with van der Waals surface area (Å²) in [4.78, 5) is 88.8. The third kappa shape index (κ3) is 12.8. The number of nitrogens with two attached hydrogens (primary N) is 1. The summed E-state index contributed by atoms with van der Waals surface area (Å²) >= 11 is 0. The Labute approximate surface area is 279 Å². The van der Waals surface area contributed by atoms with Crippen molar-refractivity contribution in [2.75, 3.05) is 19.6 Å². The van der Waals surface area contributed by atoms with E-state index in [1.165, 1.54) is 13.3 Å². The van der Waals surface area contributed by atoms with Gasteiger partial charge in [-0.2, -0.15) is 0 Å². The van der Waals surface area contributed by atoms with E-state index in [-0.39, 0.29) is 78.5 Å². The lowest BCUT2D eigenvalue weighted by atomic mass is 9.99. The van der Waals surface area contributed by atoms with Gasteiger partial charge >= 0.3 is 5.97 Å². The maximum Gasteiger partial charge on any atom is 0.325 e. The van der Waals surface area contributed by atoms with Crippen molar-refractivity contribution < 1.29 is 33.9 Å². The molecular weight excluding hydrogens is 636 g/mol. The van der Waals surface area contributed by atoms with Crippen LogP contribution in [0.15, 0.2) is 12.7 Å². The van der Waals surface area contributed by atoms with Crippen molar-refractivity contribution in [1.82, 2.24) is 46.5 Å². The molecule has 2 heterocycles. The van der Waals surface area contributed by atoms with Crippen LogP contribution in [0.4, 0.5) is 0 Å². The van der Waals surface area contributed by atoms with E-state index < -0.39 is 47.7 Å². The Morgan fingerprint density at radius 2 is 1.28 bits per heavy atom. The summed E-state index contributed by atoms with van der Waals surface area (Å²) in [5, 5.41) is 22.6. The summed E-state index contributed by atoms with van der Waals surface area (Å²) in [5.41, 5.74) is 4.97. The van der Waals surface area contributed by atoms with Gasteiger partial charge in [0.15, 0.2) is 17.2 Å². The molecule has 18 heteroatoms. The molecule has 0 fully saturated rings. The Kier molecular flexibility index (Phi) is 16.7. The summed E-state index contributed by atoms with van der Waals surface area (Å²) in [5.74, 6) is -4.03. The maximum atomic E-state index is 13.3. The molecule has 4 atom stereocenters. The van der Waals surface area contributed by atoms with Crippen LogP contribution in [0, 0.1) is 11.8 Å². The number of aromatic nitrogens is 4. The number of hydrogen-bond acceptors (Lipinski definition) is 10. The number of H-pyrrole nitrogens is 2. The lowest BCUT2D eigenvalue weighted by molar-refractivity contribution is -0.138. The van der Waals surface area contributed by atoms with Crippen LogP contribution >= 0.6 is 12.4 Å². The van der Waals surface area contributed by atoms with Gasteiger partial charge in [0.05, 0.1) is 25.2 Å². The van der Waals surface area contributed by atoms with Gasteiger partial charge in [0, 0.05) is 25.2 Å². The lowest BCUT2D eigenvalue weighted by Crippen LogP contribution is -2.48. The van der Waals surface area contributed by atoms with E-state index >= 15 is 0 Å². The van der Waals surface area contributed by atoms with Gasteiger partial charge in [-0.1, -0.05) is 27.7 Å². The van der Waals surface area contributed by atoms with Gasteiger partial charge in [-0.3, -0.25) is 28.8 Å². The molecule has 4 amide bonds. The topological polar surface area (TPSA) is 266 Å². The van der Waals surface area contributed by atoms with Gasteiger partial charge in [-0.05, 0) is 38.5 Å². The minimum atomic E-state index is -1.24. The summed E-state index contributed by atoms with van der Waals surface area (Å²) < 4.78 is 0. The maximum absolute atomic E-state index is 13.3. The highest BCUT2D eigenvalue weighted by Gasteiger charge is 2.28. The number of rotatable bonds is 19. The Morgan fingerprint density at radius 1 is 0.766 bits per heavy atom. The van der Waals surface area contributed by atoms with Crippen LogP contribution in [-0.2, 0) is 9.59 Å². The number of hydrogen-bond donors (Lipinski definition) is 9. The zero-order valence-electron chi connectivity index (χ0n) is 27.4. The van der Waals surface area contributed by atoms with E-state index in [2.05, 4.69) is 46.5 Å². The van der Waals surface area contributed by atoms with Gasteiger partial charge in [0.25, 0.3) is 23.6 Å². The molecule has 0 saturated heterocycles. The number of carboxylic acid groups (broad SMARTS) is 1. The first-order valence-electron chi connectivity index (χ1n) is 15.1. The summed E-state index contributed by atoms with van der Waals surface area (Å²) in [6.07, 6.45) is 3.24. The molecule has 262 valence electrons. The van der Waals surface area contributed by atoms with Crippen molar-refractivity contribution in [3.05, 3.63) is 35.4 Å². The quantitative estimate of drug-likeness (QED) is 0.0950. The number of halogens is 1. The number of nitrogens with zero attached hydrogens (tertiary/aromatic N) is 2. The Hall–Kier alpha value is -4.35. The number of Topliss-reactive ketones (excluding diaryl/α,β-unsaturated/α-hetero) is 1. The number of imidazole rings is 2. The molecule has 0 aromatic carbocycles. The molecule has 0 spiro atoms. The number of aliphatic carboxylic acids is 1. The van der Waals surface area contributed by atoms with Crippen LogP contribution in [0.2, 0.25) is 0 Å². The normalized spacial score (nSPS) is 13.6. The molecule has 0 aliphatic carbocycles. The number of aromatic amines is 2. The van der Waals surface area contributed by atoms with Crippen molar-refractivity contribution in [1.29, 1.82) is 0 Å². The molecule has 0 saturated carbocycles.